The predicted molar refractivity (Wildman–Crippen MR) is 145 cm³/mol. The fourth-order valence-corrected chi connectivity index (χ4v) is 4.47. The lowest BCUT2D eigenvalue weighted by molar-refractivity contribution is -0.200. The van der Waals surface area contributed by atoms with Crippen LogP contribution in [0, 0.1) is 17.7 Å². The summed E-state index contributed by atoms with van der Waals surface area (Å²) in [6.07, 6.45) is 7.32. The lowest BCUT2D eigenvalue weighted by atomic mass is 10.1. The highest BCUT2D eigenvalue weighted by Gasteiger charge is 2.30. The van der Waals surface area contributed by atoms with Crippen molar-refractivity contribution in [2.75, 3.05) is 25.1 Å². The van der Waals surface area contributed by atoms with Gasteiger partial charge in [0.05, 0.1) is 42.6 Å². The van der Waals surface area contributed by atoms with E-state index < -0.39 is 6.29 Å². The first kappa shape index (κ1) is 26.0. The third-order valence-electron chi connectivity index (χ3n) is 6.94. The van der Waals surface area contributed by atoms with Gasteiger partial charge in [-0.2, -0.15) is 0 Å². The zero-order valence-electron chi connectivity index (χ0n) is 21.8. The van der Waals surface area contributed by atoms with Crippen molar-refractivity contribution in [3.05, 3.63) is 78.3 Å². The maximum absolute atomic E-state index is 13.7. The summed E-state index contributed by atoms with van der Waals surface area (Å²) in [5.41, 5.74) is 3.71. The fourth-order valence-electron chi connectivity index (χ4n) is 4.47. The number of carbonyl (C=O) groups is 1. The standard InChI is InChI=1S/C29H30FN7O3/c30-22-5-3-20(4-6-22)26-27(23-9-12-32-29(35-23)34-15-19-7-10-31-11-8-19)37-24(36-26)13-25-39-16-21(17-40-25)28(38)33-14-18-1-2-18/h3-12,18,21,25H,1-2,13-17H2,(H,33,38)(H,36,37)(H,32,34,35). The number of amides is 1. The average Bonchev–Trinajstić information content (AvgIpc) is 3.74. The Morgan fingerprint density at radius 1 is 1.00 bits per heavy atom. The zero-order chi connectivity index (χ0) is 27.3. The summed E-state index contributed by atoms with van der Waals surface area (Å²) in [5.74, 6) is 1.03. The molecule has 1 aliphatic carbocycles. The van der Waals surface area contributed by atoms with Crippen molar-refractivity contribution in [3.63, 3.8) is 0 Å². The van der Waals surface area contributed by atoms with Gasteiger partial charge in [-0.05, 0) is 66.8 Å². The van der Waals surface area contributed by atoms with E-state index in [0.29, 0.717) is 47.7 Å². The van der Waals surface area contributed by atoms with Crippen LogP contribution in [0.25, 0.3) is 22.6 Å². The number of H-pyrrole nitrogens is 1. The predicted octanol–water partition coefficient (Wildman–Crippen LogP) is 3.74. The Hall–Kier alpha value is -4.22. The van der Waals surface area contributed by atoms with Crippen molar-refractivity contribution in [1.82, 2.24) is 30.2 Å². The number of carbonyl (C=O) groups excluding carboxylic acids is 1. The minimum atomic E-state index is -0.546. The summed E-state index contributed by atoms with van der Waals surface area (Å²) in [6, 6.07) is 11.8. The minimum Gasteiger partial charge on any atom is -0.355 e. The number of benzene rings is 1. The number of nitrogens with one attached hydrogen (secondary N) is 3. The Kier molecular flexibility index (Phi) is 7.73. The molecular weight excluding hydrogens is 513 g/mol. The van der Waals surface area contributed by atoms with Gasteiger partial charge in [-0.1, -0.05) is 0 Å². The van der Waals surface area contributed by atoms with Crippen molar-refractivity contribution in [3.8, 4) is 22.6 Å². The second-order valence-electron chi connectivity index (χ2n) is 10.1. The molecule has 1 amide bonds. The van der Waals surface area contributed by atoms with E-state index in [1.807, 2.05) is 12.1 Å². The van der Waals surface area contributed by atoms with Gasteiger partial charge in [-0.15, -0.1) is 0 Å². The van der Waals surface area contributed by atoms with Gasteiger partial charge in [0.15, 0.2) is 6.29 Å². The molecule has 4 aromatic rings. The number of aromatic nitrogens is 5. The molecule has 40 heavy (non-hydrogen) atoms. The van der Waals surface area contributed by atoms with E-state index in [1.165, 1.54) is 25.0 Å². The van der Waals surface area contributed by atoms with Gasteiger partial charge in [-0.3, -0.25) is 9.78 Å². The van der Waals surface area contributed by atoms with Crippen LogP contribution >= 0.6 is 0 Å². The van der Waals surface area contributed by atoms with Crippen LogP contribution < -0.4 is 10.6 Å². The number of rotatable bonds is 10. The third-order valence-corrected chi connectivity index (χ3v) is 6.94. The van der Waals surface area contributed by atoms with Crippen LogP contribution in [-0.2, 0) is 27.2 Å². The van der Waals surface area contributed by atoms with Gasteiger partial charge in [0, 0.05) is 37.2 Å². The largest absolute Gasteiger partial charge is 0.355 e. The number of hydrogen-bond donors (Lipinski definition) is 3. The summed E-state index contributed by atoms with van der Waals surface area (Å²) >= 11 is 0. The van der Waals surface area contributed by atoms with E-state index in [1.54, 1.807) is 36.8 Å². The normalized spacial score (nSPS) is 18.8. The number of ether oxygens (including phenoxy) is 2. The van der Waals surface area contributed by atoms with E-state index in [4.69, 9.17) is 19.4 Å². The van der Waals surface area contributed by atoms with Crippen LogP contribution in [0.15, 0.2) is 61.1 Å². The summed E-state index contributed by atoms with van der Waals surface area (Å²) in [4.78, 5) is 33.7. The fraction of sp³-hybridized carbons (Fsp3) is 0.345. The second kappa shape index (κ2) is 11.9. The molecule has 1 saturated carbocycles. The molecule has 3 aromatic heterocycles. The molecule has 10 nitrogen and oxygen atoms in total. The van der Waals surface area contributed by atoms with Crippen LogP contribution in [0.5, 0.6) is 0 Å². The molecule has 0 bridgehead atoms. The molecule has 206 valence electrons. The van der Waals surface area contributed by atoms with E-state index in [2.05, 4.69) is 25.6 Å². The number of hydrogen-bond acceptors (Lipinski definition) is 8. The van der Waals surface area contributed by atoms with E-state index in [0.717, 1.165) is 17.7 Å². The molecule has 1 aromatic carbocycles. The number of imidazole rings is 1. The third kappa shape index (κ3) is 6.49. The summed E-state index contributed by atoms with van der Waals surface area (Å²) < 4.78 is 25.4. The molecule has 1 aliphatic heterocycles. The summed E-state index contributed by atoms with van der Waals surface area (Å²) in [6.45, 7) is 1.85. The lowest BCUT2D eigenvalue weighted by Gasteiger charge is -2.28. The highest BCUT2D eigenvalue weighted by Crippen LogP contribution is 2.31. The molecule has 2 fully saturated rings. The molecule has 0 atom stereocenters. The van der Waals surface area contributed by atoms with Gasteiger partial charge in [0.25, 0.3) is 0 Å². The molecular formula is C29H30FN7O3. The topological polar surface area (TPSA) is 127 Å². The molecule has 0 radical (unpaired) electrons. The smallest absolute Gasteiger partial charge is 0.227 e. The molecule has 1 saturated heterocycles. The molecule has 0 unspecified atom stereocenters. The molecule has 3 N–H and O–H groups in total. The van der Waals surface area contributed by atoms with Crippen LogP contribution in [-0.4, -0.2) is 56.9 Å². The van der Waals surface area contributed by atoms with Gasteiger partial charge < -0.3 is 25.1 Å². The highest BCUT2D eigenvalue weighted by atomic mass is 19.1. The van der Waals surface area contributed by atoms with Crippen LogP contribution in [0.1, 0.15) is 24.2 Å². The molecule has 6 rings (SSSR count). The summed E-state index contributed by atoms with van der Waals surface area (Å²) in [7, 11) is 0. The Labute approximate surface area is 230 Å². The number of pyridine rings is 1. The number of halogens is 1. The van der Waals surface area contributed by atoms with Crippen molar-refractivity contribution in [2.45, 2.75) is 32.1 Å². The van der Waals surface area contributed by atoms with Crippen molar-refractivity contribution < 1.29 is 18.7 Å². The Morgan fingerprint density at radius 2 is 1.77 bits per heavy atom. The SMILES string of the molecule is O=C(NCC1CC1)C1COC(Cc2nc(-c3ccc(F)cc3)c(-c3ccnc(NCc4ccncc4)n3)[nH]2)OC1. The van der Waals surface area contributed by atoms with Crippen LogP contribution in [0.3, 0.4) is 0 Å². The lowest BCUT2D eigenvalue weighted by Crippen LogP contribution is -2.43. The zero-order valence-corrected chi connectivity index (χ0v) is 21.8. The molecule has 2 aliphatic rings. The highest BCUT2D eigenvalue weighted by molar-refractivity contribution is 5.79. The first-order chi connectivity index (χ1) is 19.6. The van der Waals surface area contributed by atoms with E-state index >= 15 is 0 Å². The van der Waals surface area contributed by atoms with Gasteiger partial charge in [0.1, 0.15) is 11.6 Å². The number of anilines is 1. The Bertz CT molecular complexity index is 1440. The first-order valence-corrected chi connectivity index (χ1v) is 13.4. The monoisotopic (exact) mass is 543 g/mol. The summed E-state index contributed by atoms with van der Waals surface area (Å²) in [5, 5.41) is 6.22. The van der Waals surface area contributed by atoms with Gasteiger partial charge >= 0.3 is 0 Å². The Morgan fingerprint density at radius 3 is 2.52 bits per heavy atom. The van der Waals surface area contributed by atoms with Crippen molar-refractivity contribution >= 4 is 11.9 Å². The maximum Gasteiger partial charge on any atom is 0.227 e. The van der Waals surface area contributed by atoms with Crippen LogP contribution in [0.4, 0.5) is 10.3 Å². The average molecular weight is 544 g/mol. The number of aromatic amines is 1. The first-order valence-electron chi connectivity index (χ1n) is 13.4. The minimum absolute atomic E-state index is 0.0265. The van der Waals surface area contributed by atoms with Crippen molar-refractivity contribution in [2.24, 2.45) is 11.8 Å². The second-order valence-corrected chi connectivity index (χ2v) is 10.1. The van der Waals surface area contributed by atoms with Gasteiger partial charge in [-0.25, -0.2) is 19.3 Å². The van der Waals surface area contributed by atoms with E-state index in [-0.39, 0.29) is 30.9 Å². The molecule has 4 heterocycles. The quantitative estimate of drug-likeness (QED) is 0.276. The number of nitrogens with zero attached hydrogens (tertiary/aromatic N) is 4. The van der Waals surface area contributed by atoms with Gasteiger partial charge in [0.2, 0.25) is 11.9 Å². The van der Waals surface area contributed by atoms with Crippen LogP contribution in [0.2, 0.25) is 0 Å². The van der Waals surface area contributed by atoms with Crippen molar-refractivity contribution in [1.29, 1.82) is 0 Å². The maximum atomic E-state index is 13.7. The van der Waals surface area contributed by atoms with E-state index in [9.17, 15) is 9.18 Å². The Balaban J connectivity index is 1.17. The molecule has 0 spiro atoms. The molecule has 11 heteroatoms.